The molecular formula is C18H26FN3S. The van der Waals surface area contributed by atoms with Gasteiger partial charge in [-0.15, -0.1) is 11.3 Å². The molecule has 1 saturated heterocycles. The van der Waals surface area contributed by atoms with Gasteiger partial charge in [-0.05, 0) is 58.0 Å². The zero-order valence-electron chi connectivity index (χ0n) is 14.0. The van der Waals surface area contributed by atoms with Crippen LogP contribution in [-0.4, -0.2) is 43.2 Å². The molecule has 2 unspecified atom stereocenters. The molecule has 0 amide bonds. The van der Waals surface area contributed by atoms with Crippen LogP contribution in [-0.2, 0) is 0 Å². The SMILES string of the molecule is CC1CN(c2csc3cc(F)ccc23)CC(C)N1CCCCN. The number of hydrogen-bond acceptors (Lipinski definition) is 4. The predicted molar refractivity (Wildman–Crippen MR) is 97.9 cm³/mol. The third-order valence-electron chi connectivity index (χ3n) is 4.83. The molecule has 2 N–H and O–H groups in total. The number of benzene rings is 1. The molecule has 1 aromatic carbocycles. The number of anilines is 1. The predicted octanol–water partition coefficient (Wildman–Crippen LogP) is 3.68. The fourth-order valence-corrected chi connectivity index (χ4v) is 4.66. The molecule has 23 heavy (non-hydrogen) atoms. The highest BCUT2D eigenvalue weighted by Crippen LogP contribution is 2.35. The summed E-state index contributed by atoms with van der Waals surface area (Å²) in [6.45, 7) is 8.56. The topological polar surface area (TPSA) is 32.5 Å². The summed E-state index contributed by atoms with van der Waals surface area (Å²) in [5.41, 5.74) is 6.87. The summed E-state index contributed by atoms with van der Waals surface area (Å²) in [6, 6.07) is 6.16. The highest BCUT2D eigenvalue weighted by atomic mass is 32.1. The number of piperazine rings is 1. The van der Waals surface area contributed by atoms with Crippen molar-refractivity contribution in [1.29, 1.82) is 0 Å². The van der Waals surface area contributed by atoms with Crippen molar-refractivity contribution < 1.29 is 4.39 Å². The molecule has 1 fully saturated rings. The minimum Gasteiger partial charge on any atom is -0.367 e. The van der Waals surface area contributed by atoms with Crippen LogP contribution in [0.5, 0.6) is 0 Å². The van der Waals surface area contributed by atoms with E-state index in [1.807, 2.05) is 6.07 Å². The smallest absolute Gasteiger partial charge is 0.124 e. The number of nitrogens with zero attached hydrogens (tertiary/aromatic N) is 2. The van der Waals surface area contributed by atoms with Crippen LogP contribution >= 0.6 is 11.3 Å². The average Bonchev–Trinajstić information content (AvgIpc) is 2.92. The van der Waals surface area contributed by atoms with Crippen LogP contribution in [0, 0.1) is 5.82 Å². The molecule has 0 bridgehead atoms. The molecule has 2 heterocycles. The van der Waals surface area contributed by atoms with Gasteiger partial charge in [0.2, 0.25) is 0 Å². The Morgan fingerprint density at radius 1 is 1.22 bits per heavy atom. The summed E-state index contributed by atoms with van der Waals surface area (Å²) >= 11 is 1.63. The first-order valence-electron chi connectivity index (χ1n) is 8.47. The van der Waals surface area contributed by atoms with Gasteiger partial charge in [-0.25, -0.2) is 4.39 Å². The van der Waals surface area contributed by atoms with E-state index >= 15 is 0 Å². The molecule has 0 saturated carbocycles. The molecule has 2 atom stereocenters. The lowest BCUT2D eigenvalue weighted by Crippen LogP contribution is -2.57. The molecule has 1 aromatic heterocycles. The first kappa shape index (κ1) is 16.7. The van der Waals surface area contributed by atoms with Crippen molar-refractivity contribution in [3.8, 4) is 0 Å². The van der Waals surface area contributed by atoms with E-state index < -0.39 is 0 Å². The highest BCUT2D eigenvalue weighted by molar-refractivity contribution is 7.17. The van der Waals surface area contributed by atoms with Gasteiger partial charge in [0.05, 0.1) is 5.69 Å². The van der Waals surface area contributed by atoms with Crippen molar-refractivity contribution in [3.05, 3.63) is 29.4 Å². The second kappa shape index (κ2) is 7.16. The van der Waals surface area contributed by atoms with Gasteiger partial charge in [0, 0.05) is 40.6 Å². The van der Waals surface area contributed by atoms with Crippen LogP contribution in [0.15, 0.2) is 23.6 Å². The fourth-order valence-electron chi connectivity index (χ4n) is 3.67. The number of hydrogen-bond donors (Lipinski definition) is 1. The lowest BCUT2D eigenvalue weighted by molar-refractivity contribution is 0.130. The number of nitrogens with two attached hydrogens (primary N) is 1. The summed E-state index contributed by atoms with van der Waals surface area (Å²) in [5.74, 6) is -0.155. The van der Waals surface area contributed by atoms with E-state index in [2.05, 4.69) is 29.0 Å². The zero-order valence-corrected chi connectivity index (χ0v) is 14.8. The summed E-state index contributed by atoms with van der Waals surface area (Å²) in [7, 11) is 0. The summed E-state index contributed by atoms with van der Waals surface area (Å²) in [6.07, 6.45) is 2.27. The molecule has 1 aliphatic heterocycles. The van der Waals surface area contributed by atoms with Crippen molar-refractivity contribution in [1.82, 2.24) is 4.90 Å². The second-order valence-corrected chi connectivity index (χ2v) is 7.51. The Kier molecular flexibility index (Phi) is 5.19. The van der Waals surface area contributed by atoms with E-state index in [1.165, 1.54) is 17.5 Å². The number of halogens is 1. The van der Waals surface area contributed by atoms with E-state index in [9.17, 15) is 4.39 Å². The van der Waals surface area contributed by atoms with Gasteiger partial charge >= 0.3 is 0 Å². The highest BCUT2D eigenvalue weighted by Gasteiger charge is 2.29. The Morgan fingerprint density at radius 3 is 2.65 bits per heavy atom. The normalized spacial score (nSPS) is 22.9. The maximum Gasteiger partial charge on any atom is 0.124 e. The van der Waals surface area contributed by atoms with Crippen LogP contribution in [0.4, 0.5) is 10.1 Å². The monoisotopic (exact) mass is 335 g/mol. The fraction of sp³-hybridized carbons (Fsp3) is 0.556. The first-order chi connectivity index (χ1) is 11.1. The maximum absolute atomic E-state index is 13.4. The van der Waals surface area contributed by atoms with Crippen LogP contribution < -0.4 is 10.6 Å². The quantitative estimate of drug-likeness (QED) is 0.846. The minimum absolute atomic E-state index is 0.155. The summed E-state index contributed by atoms with van der Waals surface area (Å²) in [4.78, 5) is 5.06. The van der Waals surface area contributed by atoms with Gasteiger partial charge in [-0.2, -0.15) is 0 Å². The molecule has 0 radical (unpaired) electrons. The van der Waals surface area contributed by atoms with Gasteiger partial charge in [0.1, 0.15) is 5.82 Å². The van der Waals surface area contributed by atoms with Crippen molar-refractivity contribution in [2.45, 2.75) is 38.8 Å². The summed E-state index contributed by atoms with van der Waals surface area (Å²) < 4.78 is 14.4. The van der Waals surface area contributed by atoms with Crippen molar-refractivity contribution in [2.75, 3.05) is 31.1 Å². The van der Waals surface area contributed by atoms with E-state index in [1.54, 1.807) is 23.5 Å². The zero-order chi connectivity index (χ0) is 16.4. The Hall–Kier alpha value is -1.17. The molecular weight excluding hydrogens is 309 g/mol. The maximum atomic E-state index is 13.4. The molecule has 126 valence electrons. The molecule has 1 aliphatic rings. The van der Waals surface area contributed by atoms with Crippen molar-refractivity contribution in [2.24, 2.45) is 5.73 Å². The van der Waals surface area contributed by atoms with E-state index in [4.69, 9.17) is 5.73 Å². The van der Waals surface area contributed by atoms with Crippen LogP contribution in [0.1, 0.15) is 26.7 Å². The molecule has 0 spiro atoms. The number of unbranched alkanes of at least 4 members (excludes halogenated alkanes) is 1. The minimum atomic E-state index is -0.155. The largest absolute Gasteiger partial charge is 0.367 e. The molecule has 5 heteroatoms. The van der Waals surface area contributed by atoms with E-state index in [0.29, 0.717) is 12.1 Å². The number of rotatable bonds is 5. The molecule has 2 aromatic rings. The molecule has 0 aliphatic carbocycles. The Morgan fingerprint density at radius 2 is 1.96 bits per heavy atom. The van der Waals surface area contributed by atoms with Crippen molar-refractivity contribution >= 4 is 27.1 Å². The lowest BCUT2D eigenvalue weighted by atomic mass is 10.1. The standard InChI is InChI=1S/C18H26FN3S/c1-13-10-21(11-14(2)22(13)8-4-3-7-20)17-12-23-18-9-15(19)5-6-16(17)18/h5-6,9,12-14H,3-4,7-8,10-11,20H2,1-2H3. The van der Waals surface area contributed by atoms with E-state index in [0.717, 1.165) is 37.3 Å². The van der Waals surface area contributed by atoms with Gasteiger partial charge in [-0.1, -0.05) is 0 Å². The first-order valence-corrected chi connectivity index (χ1v) is 9.35. The van der Waals surface area contributed by atoms with Gasteiger partial charge < -0.3 is 10.6 Å². The van der Waals surface area contributed by atoms with Crippen LogP contribution in [0.3, 0.4) is 0 Å². The van der Waals surface area contributed by atoms with Gasteiger partial charge in [-0.3, -0.25) is 4.90 Å². The number of fused-ring (bicyclic) bond motifs is 1. The third-order valence-corrected chi connectivity index (χ3v) is 5.76. The van der Waals surface area contributed by atoms with Gasteiger partial charge in [0.15, 0.2) is 0 Å². The summed E-state index contributed by atoms with van der Waals surface area (Å²) in [5, 5.41) is 3.35. The van der Waals surface area contributed by atoms with Gasteiger partial charge in [0.25, 0.3) is 0 Å². The molecule has 3 rings (SSSR count). The average molecular weight is 335 g/mol. The lowest BCUT2D eigenvalue weighted by Gasteiger charge is -2.45. The third kappa shape index (κ3) is 3.52. The Bertz CT molecular complexity index is 645. The second-order valence-electron chi connectivity index (χ2n) is 6.60. The van der Waals surface area contributed by atoms with Crippen LogP contribution in [0.2, 0.25) is 0 Å². The Balaban J connectivity index is 1.75. The number of thiophene rings is 1. The van der Waals surface area contributed by atoms with Crippen LogP contribution in [0.25, 0.3) is 10.1 Å². The Labute approximate surface area is 141 Å². The van der Waals surface area contributed by atoms with E-state index in [-0.39, 0.29) is 5.82 Å². The van der Waals surface area contributed by atoms with Crippen molar-refractivity contribution in [3.63, 3.8) is 0 Å². The molecule has 3 nitrogen and oxygen atoms in total.